The Labute approximate surface area is 619 Å². The maximum atomic E-state index is 4.85. The van der Waals surface area contributed by atoms with Gasteiger partial charge in [0.05, 0.1) is 44.6 Å². The SMILES string of the molecule is CC(C)(C)c1[nH]c(C(C)(C)C)c2ccccc12.CC(C)(C)c1cn(C(C)(C)C)c2ccccc12.CC(C)(C)c1nn(C(C)(C)C)c2ccccc12.CC(C)(C)c1nn(C(C)(C)C)c2ncccc12.CC(C)(C)c1nn(C(C)(C)C)c2ncncc12.CC(C)(C)c1sc(C(C)(C)C)c2ccccc12. The Balaban J connectivity index is 0.000000172. The number of nitrogens with zero attached hydrogens (tertiary/aromatic N) is 10. The molecule has 0 aliphatic carbocycles. The molecule has 102 heavy (non-hydrogen) atoms. The van der Waals surface area contributed by atoms with Gasteiger partial charge in [-0.3, -0.25) is 4.68 Å². The van der Waals surface area contributed by atoms with Crippen LogP contribution < -0.4 is 0 Å². The highest BCUT2D eigenvalue weighted by atomic mass is 32.1. The fourth-order valence-electron chi connectivity index (χ4n) is 12.9. The summed E-state index contributed by atoms with van der Waals surface area (Å²) in [7, 11) is 0. The highest BCUT2D eigenvalue weighted by Crippen LogP contribution is 2.45. The number of H-pyrrole nitrogens is 1. The third-order valence-corrected chi connectivity index (χ3v) is 19.9. The highest BCUT2D eigenvalue weighted by molar-refractivity contribution is 7.14. The van der Waals surface area contributed by atoms with Crippen molar-refractivity contribution in [2.45, 2.75) is 315 Å². The molecule has 11 nitrogen and oxygen atoms in total. The Morgan fingerprint density at radius 2 is 0.657 bits per heavy atom. The van der Waals surface area contributed by atoms with Gasteiger partial charge >= 0.3 is 0 Å². The molecule has 0 saturated carbocycles. The van der Waals surface area contributed by atoms with Crippen molar-refractivity contribution in [3.05, 3.63) is 178 Å². The van der Waals surface area contributed by atoms with Gasteiger partial charge in [0.1, 0.15) is 6.33 Å². The van der Waals surface area contributed by atoms with Crippen LogP contribution in [0.5, 0.6) is 0 Å². The van der Waals surface area contributed by atoms with Crippen molar-refractivity contribution in [3.8, 4) is 0 Å². The average Bonchev–Trinajstić information content (AvgIpc) is 1.66. The van der Waals surface area contributed by atoms with Gasteiger partial charge in [-0.15, -0.1) is 11.3 Å². The number of hydrogen-bond acceptors (Lipinski definition) is 7. The molecule has 0 unspecified atom stereocenters. The summed E-state index contributed by atoms with van der Waals surface area (Å²) in [5, 5.41) is 24.9. The summed E-state index contributed by atoms with van der Waals surface area (Å²) in [6.07, 6.45) is 7.60. The second kappa shape index (κ2) is 28.9. The summed E-state index contributed by atoms with van der Waals surface area (Å²) in [6, 6.07) is 38.8. The van der Waals surface area contributed by atoms with Crippen molar-refractivity contribution in [1.29, 1.82) is 0 Å². The number of aromatic nitrogens is 11. The lowest BCUT2D eigenvalue weighted by Crippen LogP contribution is -2.24. The van der Waals surface area contributed by atoms with Gasteiger partial charge in [0.2, 0.25) is 0 Å². The summed E-state index contributed by atoms with van der Waals surface area (Å²) >= 11 is 1.99. The highest BCUT2D eigenvalue weighted by Gasteiger charge is 2.33. The molecule has 1 N–H and O–H groups in total. The van der Waals surface area contributed by atoms with E-state index in [4.69, 9.17) is 15.3 Å². The lowest BCUT2D eigenvalue weighted by molar-refractivity contribution is 0.357. The van der Waals surface area contributed by atoms with Crippen LogP contribution in [-0.2, 0) is 65.5 Å². The number of hydrogen-bond donors (Lipinski definition) is 1. The van der Waals surface area contributed by atoms with Gasteiger partial charge in [0.15, 0.2) is 11.3 Å². The maximum Gasteiger partial charge on any atom is 0.161 e. The molecular weight excluding hydrogens is 1270 g/mol. The van der Waals surface area contributed by atoms with Gasteiger partial charge < -0.3 is 9.55 Å². The molecule has 0 fully saturated rings. The van der Waals surface area contributed by atoms with Crippen LogP contribution in [0, 0.1) is 0 Å². The van der Waals surface area contributed by atoms with Crippen LogP contribution in [0.1, 0.15) is 293 Å². The number of rotatable bonds is 0. The molecule has 12 aromatic rings. The summed E-state index contributed by atoms with van der Waals surface area (Å²) < 4.78 is 8.55. The van der Waals surface area contributed by atoms with Crippen LogP contribution in [0.3, 0.4) is 0 Å². The number of thiophene rings is 1. The summed E-state index contributed by atoms with van der Waals surface area (Å²) in [5.74, 6) is 0. The zero-order chi connectivity index (χ0) is 77.1. The van der Waals surface area contributed by atoms with Crippen LogP contribution in [0.25, 0.3) is 65.4 Å². The first kappa shape index (κ1) is 81.9. The minimum Gasteiger partial charge on any atom is -0.360 e. The Kier molecular flexibility index (Phi) is 23.2. The topological polar surface area (TPSA) is 113 Å². The zero-order valence-corrected chi connectivity index (χ0v) is 70.9. The predicted octanol–water partition coefficient (Wildman–Crippen LogP) is 25.4. The van der Waals surface area contributed by atoms with Crippen molar-refractivity contribution in [2.24, 2.45) is 0 Å². The molecular formula is C90H131N11S. The van der Waals surface area contributed by atoms with Crippen molar-refractivity contribution in [3.63, 3.8) is 0 Å². The van der Waals surface area contributed by atoms with E-state index in [1.165, 1.54) is 75.8 Å². The molecule has 8 aromatic heterocycles. The molecule has 552 valence electrons. The fraction of sp³-hybridized carbons (Fsp3) is 0.533. The molecule has 0 aliphatic rings. The van der Waals surface area contributed by atoms with Gasteiger partial charge in [0.25, 0.3) is 0 Å². The molecule has 0 bridgehead atoms. The Hall–Kier alpha value is -7.44. The zero-order valence-electron chi connectivity index (χ0n) is 70.1. The van der Waals surface area contributed by atoms with E-state index in [0.717, 1.165) is 33.5 Å². The number of benzene rings is 4. The summed E-state index contributed by atoms with van der Waals surface area (Å²) in [4.78, 5) is 19.7. The standard InChI is InChI=1S/2C16H23N.C16H22S.C15H22N2.C14H21N3.C13H20N4/c1-15(2,3)13-11-17(16(4,5)6)14-10-8-7-9-12(13)14;2*1-15(2,3)13-11-9-7-8-10-12(11)14(17-13)16(4,5)6;1-14(2,3)13-11-9-7-8-10-12(11)17(16-13)15(4,5)6;1-13(2,3)11-10-8-7-9-15-12(10)17(16-11)14(4,5)6;1-12(2,3)10-9-7-14-8-15-11(9)17(16-10)13(4,5)6/h7-11H,1-6H3;7-10,17H,1-6H3;2*7-10H,1-6H3;7-9H,1-6H3;7-8H,1-6H3. The van der Waals surface area contributed by atoms with Gasteiger partial charge in [-0.2, -0.15) is 15.3 Å². The molecule has 0 spiro atoms. The largest absolute Gasteiger partial charge is 0.360 e. The number of fused-ring (bicyclic) bond motifs is 6. The van der Waals surface area contributed by atoms with Crippen LogP contribution in [0.2, 0.25) is 0 Å². The molecule has 0 atom stereocenters. The van der Waals surface area contributed by atoms with Crippen LogP contribution in [0.15, 0.2) is 134 Å². The van der Waals surface area contributed by atoms with E-state index >= 15 is 0 Å². The monoisotopic (exact) mass is 1400 g/mol. The lowest BCUT2D eigenvalue weighted by Gasteiger charge is -2.23. The van der Waals surface area contributed by atoms with E-state index in [1.54, 1.807) is 6.33 Å². The Bertz CT molecular complexity index is 3720. The third kappa shape index (κ3) is 18.9. The lowest BCUT2D eigenvalue weighted by atomic mass is 9.87. The quantitative estimate of drug-likeness (QED) is 0.162. The number of pyridine rings is 1. The smallest absolute Gasteiger partial charge is 0.161 e. The Morgan fingerprint density at radius 3 is 1.05 bits per heavy atom. The minimum absolute atomic E-state index is 0.000532. The Morgan fingerprint density at radius 1 is 0.304 bits per heavy atom. The second-order valence-corrected chi connectivity index (χ2v) is 41.3. The van der Waals surface area contributed by atoms with Gasteiger partial charge in [-0.05, 0) is 140 Å². The van der Waals surface area contributed by atoms with E-state index in [2.05, 4.69) is 388 Å². The first-order valence-electron chi connectivity index (χ1n) is 37.0. The molecule has 0 aliphatic heterocycles. The van der Waals surface area contributed by atoms with E-state index < -0.39 is 0 Å². The second-order valence-electron chi connectivity index (χ2n) is 40.3. The first-order valence-corrected chi connectivity index (χ1v) is 37.9. The van der Waals surface area contributed by atoms with E-state index in [0.29, 0.717) is 0 Å². The normalized spacial score (nSPS) is 13.3. The maximum absolute atomic E-state index is 4.85. The van der Waals surface area contributed by atoms with Crippen LogP contribution in [0.4, 0.5) is 0 Å². The van der Waals surface area contributed by atoms with Gasteiger partial charge in [-0.1, -0.05) is 251 Å². The van der Waals surface area contributed by atoms with Crippen molar-refractivity contribution in [2.75, 3.05) is 0 Å². The van der Waals surface area contributed by atoms with Gasteiger partial charge in [-0.25, -0.2) is 24.3 Å². The predicted molar refractivity (Wildman–Crippen MR) is 444 cm³/mol. The first-order chi connectivity index (χ1) is 46.3. The number of aromatic amines is 1. The van der Waals surface area contributed by atoms with Gasteiger partial charge in [0, 0.05) is 105 Å². The molecule has 4 aromatic carbocycles. The molecule has 0 amide bonds. The van der Waals surface area contributed by atoms with Crippen molar-refractivity contribution in [1.82, 2.24) is 53.8 Å². The van der Waals surface area contributed by atoms with E-state index in [-0.39, 0.29) is 65.5 Å². The van der Waals surface area contributed by atoms with Crippen molar-refractivity contribution < 1.29 is 0 Å². The number of nitrogens with one attached hydrogen (secondary N) is 1. The van der Waals surface area contributed by atoms with Crippen molar-refractivity contribution >= 4 is 76.8 Å². The summed E-state index contributed by atoms with van der Waals surface area (Å²) in [5.41, 5.74) is 13.0. The summed E-state index contributed by atoms with van der Waals surface area (Å²) in [6.45, 7) is 80.1. The molecule has 12 heteroatoms. The van der Waals surface area contributed by atoms with Crippen LogP contribution in [-0.4, -0.2) is 53.8 Å². The van der Waals surface area contributed by atoms with Crippen LogP contribution >= 0.6 is 11.3 Å². The number of para-hydroxylation sites is 2. The molecule has 8 heterocycles. The molecule has 0 radical (unpaired) electrons. The average molecular weight is 1400 g/mol. The molecule has 0 saturated heterocycles. The third-order valence-electron chi connectivity index (χ3n) is 17.9. The van der Waals surface area contributed by atoms with E-state index in [9.17, 15) is 0 Å². The minimum atomic E-state index is -0.0733. The fourth-order valence-corrected chi connectivity index (χ4v) is 14.3. The van der Waals surface area contributed by atoms with E-state index in [1.807, 2.05) is 39.2 Å². The molecule has 12 rings (SSSR count).